The molecule has 1 fully saturated rings. The quantitative estimate of drug-likeness (QED) is 0.763. The summed E-state index contributed by atoms with van der Waals surface area (Å²) in [7, 11) is 0. The maximum atomic E-state index is 12.9. The van der Waals surface area contributed by atoms with Crippen molar-refractivity contribution in [3.63, 3.8) is 0 Å². The second kappa shape index (κ2) is 8.58. The predicted molar refractivity (Wildman–Crippen MR) is 115 cm³/mol. The number of nitrogens with zero attached hydrogens (tertiary/aromatic N) is 1. The largest absolute Gasteiger partial charge is 0.386 e. The Kier molecular flexibility index (Phi) is 6.29. The highest BCUT2D eigenvalue weighted by Gasteiger charge is 2.47. The van der Waals surface area contributed by atoms with Crippen LogP contribution >= 0.6 is 0 Å². The molecule has 0 radical (unpaired) electrons. The van der Waals surface area contributed by atoms with Crippen molar-refractivity contribution in [2.45, 2.75) is 64.6 Å². The normalized spacial score (nSPS) is 20.3. The Morgan fingerprint density at radius 1 is 1.10 bits per heavy atom. The Morgan fingerprint density at radius 2 is 1.77 bits per heavy atom. The van der Waals surface area contributed by atoms with E-state index in [1.54, 1.807) is 36.1 Å². The number of aliphatic hydroxyl groups excluding tert-OH is 1. The Bertz CT molecular complexity index is 910. The number of aliphatic hydroxyl groups is 1. The molecular weight excluding hydrogens is 380 g/mol. The smallest absolute Gasteiger partial charge is 0.258 e. The zero-order valence-electron chi connectivity index (χ0n) is 18.1. The third-order valence-corrected chi connectivity index (χ3v) is 5.39. The first kappa shape index (κ1) is 22.0. The van der Waals surface area contributed by atoms with E-state index in [-0.39, 0.29) is 17.9 Å². The second-order valence-corrected chi connectivity index (χ2v) is 8.49. The molecule has 1 saturated heterocycles. The lowest BCUT2D eigenvalue weighted by molar-refractivity contribution is -0.134. The van der Waals surface area contributed by atoms with Crippen molar-refractivity contribution in [2.75, 3.05) is 0 Å². The minimum Gasteiger partial charge on any atom is -0.386 e. The molecule has 0 spiro atoms. The number of rotatable bonds is 6. The van der Waals surface area contributed by atoms with Gasteiger partial charge < -0.3 is 20.1 Å². The van der Waals surface area contributed by atoms with Crippen molar-refractivity contribution in [3.8, 4) is 0 Å². The highest BCUT2D eigenvalue weighted by molar-refractivity contribution is 5.95. The molecule has 30 heavy (non-hydrogen) atoms. The van der Waals surface area contributed by atoms with Gasteiger partial charge in [0.05, 0.1) is 12.1 Å². The van der Waals surface area contributed by atoms with E-state index >= 15 is 0 Å². The van der Waals surface area contributed by atoms with E-state index in [9.17, 15) is 14.7 Å². The van der Waals surface area contributed by atoms with Crippen LogP contribution in [0.4, 0.5) is 0 Å². The standard InChI is InChI=1S/C24H30N2O4/c1-15(2)26-23(29)21(30-24(26,4)5)18-12-9-13-19(14-18)22(28)25-16(3)20(27)17-10-7-6-8-11-17/h6-16,20-21,27H,1-5H3,(H,25,28)/t16-,20-,21?/m1/s1. The van der Waals surface area contributed by atoms with Gasteiger partial charge in [0.25, 0.3) is 11.8 Å². The molecule has 1 heterocycles. The monoisotopic (exact) mass is 410 g/mol. The number of ether oxygens (including phenoxy) is 1. The SMILES string of the molecule is CC(C)N1C(=O)C(c2cccc(C(=O)N[C@H](C)[C@@H](O)c3ccccc3)c2)OC1(C)C. The van der Waals surface area contributed by atoms with E-state index in [1.807, 2.05) is 58.0 Å². The van der Waals surface area contributed by atoms with Crippen LogP contribution in [0, 0.1) is 0 Å². The molecule has 3 rings (SSSR count). The Balaban J connectivity index is 1.75. The topological polar surface area (TPSA) is 78.9 Å². The second-order valence-electron chi connectivity index (χ2n) is 8.49. The molecule has 1 unspecified atom stereocenters. The number of carbonyl (C=O) groups is 2. The van der Waals surface area contributed by atoms with E-state index in [4.69, 9.17) is 4.74 Å². The summed E-state index contributed by atoms with van der Waals surface area (Å²) >= 11 is 0. The molecule has 2 amide bonds. The predicted octanol–water partition coefficient (Wildman–Crippen LogP) is 3.58. The number of hydrogen-bond donors (Lipinski definition) is 2. The van der Waals surface area contributed by atoms with Gasteiger partial charge in [-0.2, -0.15) is 0 Å². The third kappa shape index (κ3) is 4.40. The van der Waals surface area contributed by atoms with Gasteiger partial charge in [0.15, 0.2) is 6.10 Å². The van der Waals surface area contributed by atoms with Gasteiger partial charge in [-0.1, -0.05) is 42.5 Å². The van der Waals surface area contributed by atoms with E-state index in [2.05, 4.69) is 5.32 Å². The summed E-state index contributed by atoms with van der Waals surface area (Å²) in [6.45, 7) is 9.40. The number of nitrogens with one attached hydrogen (secondary N) is 1. The maximum absolute atomic E-state index is 12.9. The third-order valence-electron chi connectivity index (χ3n) is 5.39. The molecule has 2 aromatic carbocycles. The summed E-state index contributed by atoms with van der Waals surface area (Å²) < 4.78 is 6.04. The number of benzene rings is 2. The van der Waals surface area contributed by atoms with Crippen LogP contribution in [0.25, 0.3) is 0 Å². The fraction of sp³-hybridized carbons (Fsp3) is 0.417. The molecule has 2 N–H and O–H groups in total. The van der Waals surface area contributed by atoms with Gasteiger partial charge in [-0.3, -0.25) is 9.59 Å². The van der Waals surface area contributed by atoms with Crippen LogP contribution in [-0.2, 0) is 9.53 Å². The lowest BCUT2D eigenvalue weighted by Crippen LogP contribution is -2.46. The van der Waals surface area contributed by atoms with Gasteiger partial charge in [-0.15, -0.1) is 0 Å². The fourth-order valence-corrected chi connectivity index (χ4v) is 4.03. The molecule has 6 nitrogen and oxygen atoms in total. The van der Waals surface area contributed by atoms with Crippen molar-refractivity contribution in [2.24, 2.45) is 0 Å². The fourth-order valence-electron chi connectivity index (χ4n) is 4.03. The van der Waals surface area contributed by atoms with Gasteiger partial charge in [-0.25, -0.2) is 0 Å². The molecular formula is C24H30N2O4. The van der Waals surface area contributed by atoms with E-state index in [0.29, 0.717) is 11.1 Å². The first-order chi connectivity index (χ1) is 14.1. The molecule has 3 atom stereocenters. The van der Waals surface area contributed by atoms with Crippen molar-refractivity contribution < 1.29 is 19.4 Å². The van der Waals surface area contributed by atoms with Crippen molar-refractivity contribution >= 4 is 11.8 Å². The van der Waals surface area contributed by atoms with Crippen LogP contribution in [-0.4, -0.2) is 39.6 Å². The zero-order chi connectivity index (χ0) is 22.1. The molecule has 160 valence electrons. The van der Waals surface area contributed by atoms with Gasteiger partial charge in [0, 0.05) is 11.6 Å². The van der Waals surface area contributed by atoms with Gasteiger partial charge in [0.1, 0.15) is 5.72 Å². The Labute approximate surface area is 177 Å². The van der Waals surface area contributed by atoms with Crippen LogP contribution in [0.1, 0.15) is 68.3 Å². The summed E-state index contributed by atoms with van der Waals surface area (Å²) in [6.07, 6.45) is -1.57. The van der Waals surface area contributed by atoms with Crippen LogP contribution in [0.2, 0.25) is 0 Å². The Hall–Kier alpha value is -2.70. The highest BCUT2D eigenvalue weighted by atomic mass is 16.5. The minimum absolute atomic E-state index is 0.00399. The maximum Gasteiger partial charge on any atom is 0.258 e. The summed E-state index contributed by atoms with van der Waals surface area (Å²) in [6, 6.07) is 15.6. The molecule has 0 aromatic heterocycles. The first-order valence-corrected chi connectivity index (χ1v) is 10.3. The van der Waals surface area contributed by atoms with E-state index in [1.165, 1.54) is 0 Å². The number of amides is 2. The lowest BCUT2D eigenvalue weighted by Gasteiger charge is -2.32. The average Bonchev–Trinajstić information content (AvgIpc) is 2.96. The Morgan fingerprint density at radius 3 is 2.37 bits per heavy atom. The van der Waals surface area contributed by atoms with Gasteiger partial charge in [0.2, 0.25) is 0 Å². The van der Waals surface area contributed by atoms with Crippen molar-refractivity contribution in [1.29, 1.82) is 0 Å². The summed E-state index contributed by atoms with van der Waals surface area (Å²) in [5, 5.41) is 13.3. The average molecular weight is 411 g/mol. The number of hydrogen-bond acceptors (Lipinski definition) is 4. The molecule has 0 saturated carbocycles. The molecule has 0 bridgehead atoms. The summed E-state index contributed by atoms with van der Waals surface area (Å²) in [4.78, 5) is 27.4. The zero-order valence-corrected chi connectivity index (χ0v) is 18.1. The summed E-state index contributed by atoms with van der Waals surface area (Å²) in [5.41, 5.74) is 1.07. The van der Waals surface area contributed by atoms with Crippen LogP contribution in [0.15, 0.2) is 54.6 Å². The van der Waals surface area contributed by atoms with E-state index in [0.717, 1.165) is 5.56 Å². The molecule has 2 aromatic rings. The van der Waals surface area contributed by atoms with E-state index < -0.39 is 24.0 Å². The molecule has 6 heteroatoms. The lowest BCUT2D eigenvalue weighted by atomic mass is 10.0. The number of carbonyl (C=O) groups excluding carboxylic acids is 2. The molecule has 0 aliphatic carbocycles. The molecule has 1 aliphatic heterocycles. The van der Waals surface area contributed by atoms with Gasteiger partial charge >= 0.3 is 0 Å². The van der Waals surface area contributed by atoms with Crippen LogP contribution in [0.3, 0.4) is 0 Å². The minimum atomic E-state index is -0.821. The van der Waals surface area contributed by atoms with Gasteiger partial charge in [-0.05, 0) is 57.9 Å². The first-order valence-electron chi connectivity index (χ1n) is 10.3. The van der Waals surface area contributed by atoms with Crippen molar-refractivity contribution in [3.05, 3.63) is 71.3 Å². The van der Waals surface area contributed by atoms with Crippen LogP contribution < -0.4 is 5.32 Å². The van der Waals surface area contributed by atoms with Crippen molar-refractivity contribution in [1.82, 2.24) is 10.2 Å². The highest BCUT2D eigenvalue weighted by Crippen LogP contribution is 2.38. The van der Waals surface area contributed by atoms with Crippen LogP contribution in [0.5, 0.6) is 0 Å². The molecule has 1 aliphatic rings. The summed E-state index contributed by atoms with van der Waals surface area (Å²) in [5.74, 6) is -0.426.